The van der Waals surface area contributed by atoms with E-state index in [1.807, 2.05) is 0 Å². The number of nitrogens with zero attached hydrogens (tertiary/aromatic N) is 1. The van der Waals surface area contributed by atoms with Gasteiger partial charge >= 0.3 is 0 Å². The quantitative estimate of drug-likeness (QED) is 0.801. The van der Waals surface area contributed by atoms with E-state index < -0.39 is 0 Å². The maximum atomic E-state index is 5.62. The summed E-state index contributed by atoms with van der Waals surface area (Å²) in [5.74, 6) is 0.542. The molecule has 1 aromatic carbocycles. The molecule has 2 heteroatoms. The van der Waals surface area contributed by atoms with Crippen LogP contribution in [-0.2, 0) is 6.42 Å². The van der Waals surface area contributed by atoms with Gasteiger partial charge in [0.15, 0.2) is 0 Å². The Hall–Kier alpha value is -1.02. The number of benzene rings is 1. The highest BCUT2D eigenvalue weighted by molar-refractivity contribution is 5.46. The lowest BCUT2D eigenvalue weighted by molar-refractivity contribution is 0.590. The van der Waals surface area contributed by atoms with Crippen LogP contribution in [0.1, 0.15) is 19.4 Å². The number of anilines is 1. The van der Waals surface area contributed by atoms with Gasteiger partial charge in [-0.1, -0.05) is 26.0 Å². The van der Waals surface area contributed by atoms with Crippen LogP contribution in [0.5, 0.6) is 0 Å². The molecular weight excluding hydrogens is 184 g/mol. The van der Waals surface area contributed by atoms with Crippen molar-refractivity contribution in [2.24, 2.45) is 11.7 Å². The van der Waals surface area contributed by atoms with Gasteiger partial charge in [0.25, 0.3) is 0 Å². The molecule has 0 heterocycles. The molecule has 0 aliphatic rings. The number of rotatable bonds is 5. The van der Waals surface area contributed by atoms with Crippen molar-refractivity contribution in [1.82, 2.24) is 0 Å². The van der Waals surface area contributed by atoms with Crippen molar-refractivity contribution in [3.63, 3.8) is 0 Å². The summed E-state index contributed by atoms with van der Waals surface area (Å²) in [6.45, 7) is 6.12. The Morgan fingerprint density at radius 1 is 1.27 bits per heavy atom. The molecule has 15 heavy (non-hydrogen) atoms. The molecule has 1 rings (SSSR count). The molecule has 0 aliphatic heterocycles. The van der Waals surface area contributed by atoms with Crippen LogP contribution in [0.25, 0.3) is 0 Å². The summed E-state index contributed by atoms with van der Waals surface area (Å²) >= 11 is 0. The fraction of sp³-hybridized carbons (Fsp3) is 0.538. The number of hydrogen-bond donors (Lipinski definition) is 1. The second-order valence-electron chi connectivity index (χ2n) is 4.24. The van der Waals surface area contributed by atoms with Crippen molar-refractivity contribution < 1.29 is 0 Å². The number of hydrogen-bond acceptors (Lipinski definition) is 2. The van der Waals surface area contributed by atoms with Crippen LogP contribution in [0.3, 0.4) is 0 Å². The highest BCUT2D eigenvalue weighted by atomic mass is 15.1. The molecular formula is C13H22N2. The molecule has 0 bridgehead atoms. The van der Waals surface area contributed by atoms with Gasteiger partial charge in [-0.15, -0.1) is 0 Å². The molecule has 0 radical (unpaired) electrons. The molecule has 2 N–H and O–H groups in total. The molecule has 0 fully saturated rings. The zero-order valence-corrected chi connectivity index (χ0v) is 10.0. The van der Waals surface area contributed by atoms with Crippen molar-refractivity contribution in [2.75, 3.05) is 25.0 Å². The Morgan fingerprint density at radius 2 is 1.87 bits per heavy atom. The van der Waals surface area contributed by atoms with Gasteiger partial charge in [-0.3, -0.25) is 0 Å². The molecule has 0 amide bonds. The van der Waals surface area contributed by atoms with E-state index in [9.17, 15) is 0 Å². The van der Waals surface area contributed by atoms with Gasteiger partial charge in [-0.25, -0.2) is 0 Å². The second-order valence-corrected chi connectivity index (χ2v) is 4.24. The minimum atomic E-state index is 0.542. The van der Waals surface area contributed by atoms with E-state index in [0.717, 1.165) is 19.5 Å². The Labute approximate surface area is 93.1 Å². The van der Waals surface area contributed by atoms with E-state index in [2.05, 4.69) is 50.1 Å². The largest absolute Gasteiger partial charge is 0.374 e. The van der Waals surface area contributed by atoms with E-state index in [4.69, 9.17) is 5.73 Å². The van der Waals surface area contributed by atoms with Gasteiger partial charge in [0.2, 0.25) is 0 Å². The molecule has 84 valence electrons. The van der Waals surface area contributed by atoms with Gasteiger partial charge in [-0.05, 0) is 36.6 Å². The van der Waals surface area contributed by atoms with Crippen molar-refractivity contribution in [3.05, 3.63) is 29.8 Å². The Balaban J connectivity index is 2.61. The van der Waals surface area contributed by atoms with Crippen LogP contribution >= 0.6 is 0 Å². The van der Waals surface area contributed by atoms with E-state index in [1.54, 1.807) is 0 Å². The van der Waals surface area contributed by atoms with Crippen molar-refractivity contribution in [1.29, 1.82) is 0 Å². The summed E-state index contributed by atoms with van der Waals surface area (Å²) in [6.07, 6.45) is 1.10. The first-order chi connectivity index (χ1) is 7.17. The van der Waals surface area contributed by atoms with Crippen molar-refractivity contribution in [3.8, 4) is 0 Å². The third kappa shape index (κ3) is 3.56. The SMILES string of the molecule is CCc1ccc(N(C)CC(C)CN)cc1. The van der Waals surface area contributed by atoms with Gasteiger partial charge < -0.3 is 10.6 Å². The van der Waals surface area contributed by atoms with Crippen LogP contribution < -0.4 is 10.6 Å². The number of nitrogens with two attached hydrogens (primary N) is 1. The maximum Gasteiger partial charge on any atom is 0.0363 e. The summed E-state index contributed by atoms with van der Waals surface area (Å²) in [4.78, 5) is 2.26. The van der Waals surface area contributed by atoms with E-state index in [-0.39, 0.29) is 0 Å². The summed E-state index contributed by atoms with van der Waals surface area (Å²) in [7, 11) is 2.12. The number of aryl methyl sites for hydroxylation is 1. The molecule has 1 atom stereocenters. The van der Waals surface area contributed by atoms with Crippen molar-refractivity contribution in [2.45, 2.75) is 20.3 Å². The van der Waals surface area contributed by atoms with Gasteiger partial charge in [0.1, 0.15) is 0 Å². The lowest BCUT2D eigenvalue weighted by Crippen LogP contribution is -2.28. The van der Waals surface area contributed by atoms with Crippen LogP contribution in [0.15, 0.2) is 24.3 Å². The normalized spacial score (nSPS) is 12.5. The molecule has 2 nitrogen and oxygen atoms in total. The standard InChI is InChI=1S/C13H22N2/c1-4-12-5-7-13(8-6-12)15(3)10-11(2)9-14/h5-8,11H,4,9-10,14H2,1-3H3. The van der Waals surface area contributed by atoms with Gasteiger partial charge in [0.05, 0.1) is 0 Å². The minimum absolute atomic E-state index is 0.542. The first-order valence-electron chi connectivity index (χ1n) is 5.67. The summed E-state index contributed by atoms with van der Waals surface area (Å²) in [5, 5.41) is 0. The van der Waals surface area contributed by atoms with Gasteiger partial charge in [0, 0.05) is 19.3 Å². The van der Waals surface area contributed by atoms with Crippen LogP contribution in [0.2, 0.25) is 0 Å². The van der Waals surface area contributed by atoms with Crippen LogP contribution in [0.4, 0.5) is 5.69 Å². The minimum Gasteiger partial charge on any atom is -0.374 e. The molecule has 1 aromatic rings. The molecule has 0 aliphatic carbocycles. The first-order valence-corrected chi connectivity index (χ1v) is 5.67. The molecule has 1 unspecified atom stereocenters. The van der Waals surface area contributed by atoms with E-state index in [0.29, 0.717) is 5.92 Å². The fourth-order valence-electron chi connectivity index (χ4n) is 1.63. The molecule has 0 saturated carbocycles. The zero-order valence-electron chi connectivity index (χ0n) is 10.0. The molecule has 0 spiro atoms. The van der Waals surface area contributed by atoms with Crippen molar-refractivity contribution >= 4 is 5.69 Å². The molecule has 0 saturated heterocycles. The lowest BCUT2D eigenvalue weighted by atomic mass is 10.1. The topological polar surface area (TPSA) is 29.3 Å². The van der Waals surface area contributed by atoms with E-state index in [1.165, 1.54) is 11.3 Å². The second kappa shape index (κ2) is 5.76. The Bertz CT molecular complexity index is 279. The average molecular weight is 206 g/mol. The fourth-order valence-corrected chi connectivity index (χ4v) is 1.63. The third-order valence-electron chi connectivity index (χ3n) is 2.77. The smallest absolute Gasteiger partial charge is 0.0363 e. The summed E-state index contributed by atoms with van der Waals surface area (Å²) in [6, 6.07) is 8.75. The third-order valence-corrected chi connectivity index (χ3v) is 2.77. The highest BCUT2D eigenvalue weighted by Gasteiger charge is 2.05. The van der Waals surface area contributed by atoms with Gasteiger partial charge in [-0.2, -0.15) is 0 Å². The Morgan fingerprint density at radius 3 is 2.33 bits per heavy atom. The Kier molecular flexibility index (Phi) is 4.63. The predicted molar refractivity (Wildman–Crippen MR) is 67.3 cm³/mol. The molecule has 0 aromatic heterocycles. The highest BCUT2D eigenvalue weighted by Crippen LogP contribution is 2.15. The summed E-state index contributed by atoms with van der Waals surface area (Å²) < 4.78 is 0. The monoisotopic (exact) mass is 206 g/mol. The first kappa shape index (κ1) is 12.1. The van der Waals surface area contributed by atoms with Crippen LogP contribution in [0, 0.1) is 5.92 Å². The predicted octanol–water partition coefficient (Wildman–Crippen LogP) is 2.28. The zero-order chi connectivity index (χ0) is 11.3. The summed E-state index contributed by atoms with van der Waals surface area (Å²) in [5.41, 5.74) is 8.28. The average Bonchev–Trinajstić information content (AvgIpc) is 2.29. The lowest BCUT2D eigenvalue weighted by Gasteiger charge is -2.22. The van der Waals surface area contributed by atoms with E-state index >= 15 is 0 Å². The van der Waals surface area contributed by atoms with Crippen LogP contribution in [-0.4, -0.2) is 20.1 Å². The maximum absolute atomic E-state index is 5.62.